The van der Waals surface area contributed by atoms with E-state index in [0.717, 1.165) is 44.9 Å². The van der Waals surface area contributed by atoms with Crippen molar-refractivity contribution in [2.75, 3.05) is 32.7 Å². The highest BCUT2D eigenvalue weighted by molar-refractivity contribution is 5.81. The number of carbonyl (C=O) groups excluding carboxylic acids is 1. The minimum Gasteiger partial charge on any atom is -0.301 e. The second-order valence-corrected chi connectivity index (χ2v) is 5.59. The molecule has 5 heteroatoms. The van der Waals surface area contributed by atoms with Gasteiger partial charge >= 0.3 is 0 Å². The number of nitrogens with zero attached hydrogens (tertiary/aromatic N) is 2. The first-order chi connectivity index (χ1) is 8.74. The van der Waals surface area contributed by atoms with Crippen LogP contribution in [0.3, 0.4) is 0 Å². The Labute approximate surface area is 110 Å². The van der Waals surface area contributed by atoms with Gasteiger partial charge in [-0.25, -0.2) is 5.84 Å². The average Bonchev–Trinajstić information content (AvgIpc) is 3.20. The van der Waals surface area contributed by atoms with Crippen molar-refractivity contribution >= 4 is 5.91 Å². The van der Waals surface area contributed by atoms with Gasteiger partial charge in [-0.05, 0) is 25.2 Å². The molecule has 2 fully saturated rings. The van der Waals surface area contributed by atoms with E-state index in [-0.39, 0.29) is 11.9 Å². The summed E-state index contributed by atoms with van der Waals surface area (Å²) in [6.07, 6.45) is 4.73. The van der Waals surface area contributed by atoms with Gasteiger partial charge in [0.1, 0.15) is 0 Å². The second kappa shape index (κ2) is 6.50. The van der Waals surface area contributed by atoms with Crippen molar-refractivity contribution in [3.63, 3.8) is 0 Å². The van der Waals surface area contributed by atoms with Crippen molar-refractivity contribution in [3.8, 4) is 0 Å². The Morgan fingerprint density at radius 1 is 1.33 bits per heavy atom. The van der Waals surface area contributed by atoms with E-state index in [1.807, 2.05) is 0 Å². The van der Waals surface area contributed by atoms with E-state index >= 15 is 0 Å². The molecule has 0 radical (unpaired) electrons. The molecule has 1 heterocycles. The lowest BCUT2D eigenvalue weighted by molar-refractivity contribution is -0.127. The molecule has 1 amide bonds. The zero-order valence-corrected chi connectivity index (χ0v) is 11.4. The van der Waals surface area contributed by atoms with Crippen LogP contribution in [-0.2, 0) is 4.79 Å². The lowest BCUT2D eigenvalue weighted by atomic mass is 10.1. The second-order valence-electron chi connectivity index (χ2n) is 5.59. The van der Waals surface area contributed by atoms with Gasteiger partial charge in [-0.2, -0.15) is 0 Å². The molecule has 0 aromatic rings. The molecule has 1 saturated heterocycles. The predicted molar refractivity (Wildman–Crippen MR) is 71.8 cm³/mol. The van der Waals surface area contributed by atoms with Gasteiger partial charge in [-0.1, -0.05) is 13.3 Å². The third-order valence-corrected chi connectivity index (χ3v) is 4.07. The van der Waals surface area contributed by atoms with Crippen LogP contribution >= 0.6 is 0 Å². The molecule has 2 aliphatic rings. The minimum absolute atomic E-state index is 0.0347. The lowest BCUT2D eigenvalue weighted by Crippen LogP contribution is -2.56. The Morgan fingerprint density at radius 2 is 2.00 bits per heavy atom. The maximum absolute atomic E-state index is 11.8. The van der Waals surface area contributed by atoms with Gasteiger partial charge in [0.15, 0.2) is 0 Å². The van der Waals surface area contributed by atoms with Crippen LogP contribution in [0, 0.1) is 5.92 Å². The van der Waals surface area contributed by atoms with E-state index in [1.54, 1.807) is 0 Å². The summed E-state index contributed by atoms with van der Waals surface area (Å²) in [5.74, 6) is 6.19. The first kappa shape index (κ1) is 13.8. The molecular weight excluding hydrogens is 228 g/mol. The molecule has 104 valence electrons. The summed E-state index contributed by atoms with van der Waals surface area (Å²) in [5.41, 5.74) is 2.31. The molecule has 3 N–H and O–H groups in total. The summed E-state index contributed by atoms with van der Waals surface area (Å²) >= 11 is 0. The van der Waals surface area contributed by atoms with E-state index in [9.17, 15) is 4.79 Å². The number of amides is 1. The molecule has 18 heavy (non-hydrogen) atoms. The number of nitrogens with one attached hydrogen (secondary N) is 1. The monoisotopic (exact) mass is 254 g/mol. The summed E-state index contributed by atoms with van der Waals surface area (Å²) in [6.45, 7) is 7.54. The minimum atomic E-state index is -0.0388. The number of piperazine rings is 1. The normalized spacial score (nSPS) is 23.9. The number of nitrogens with two attached hydrogens (primary N) is 1. The smallest absolute Gasteiger partial charge is 0.251 e. The first-order valence-electron chi connectivity index (χ1n) is 7.21. The Morgan fingerprint density at radius 3 is 2.50 bits per heavy atom. The van der Waals surface area contributed by atoms with Crippen LogP contribution in [0.15, 0.2) is 0 Å². The fraction of sp³-hybridized carbons (Fsp3) is 0.923. The molecule has 0 bridgehead atoms. The topological polar surface area (TPSA) is 61.6 Å². The van der Waals surface area contributed by atoms with Crippen molar-refractivity contribution in [2.24, 2.45) is 11.8 Å². The molecule has 5 nitrogen and oxygen atoms in total. The van der Waals surface area contributed by atoms with Crippen LogP contribution < -0.4 is 11.3 Å². The van der Waals surface area contributed by atoms with Crippen molar-refractivity contribution in [2.45, 2.75) is 38.6 Å². The third-order valence-electron chi connectivity index (χ3n) is 4.07. The summed E-state index contributed by atoms with van der Waals surface area (Å²) in [4.78, 5) is 16.6. The van der Waals surface area contributed by atoms with Gasteiger partial charge in [-0.3, -0.25) is 15.1 Å². The highest BCUT2D eigenvalue weighted by Gasteiger charge is 2.30. The van der Waals surface area contributed by atoms with Gasteiger partial charge in [0, 0.05) is 32.7 Å². The van der Waals surface area contributed by atoms with Crippen molar-refractivity contribution in [3.05, 3.63) is 0 Å². The van der Waals surface area contributed by atoms with Crippen LogP contribution in [0.2, 0.25) is 0 Å². The average molecular weight is 254 g/mol. The van der Waals surface area contributed by atoms with Crippen LogP contribution in [0.25, 0.3) is 0 Å². The number of hydrogen-bond donors (Lipinski definition) is 2. The van der Waals surface area contributed by atoms with Gasteiger partial charge in [0.25, 0.3) is 5.91 Å². The maximum atomic E-state index is 11.8. The summed E-state index contributed by atoms with van der Waals surface area (Å²) in [5, 5.41) is 0. The molecule has 1 unspecified atom stereocenters. The first-order valence-corrected chi connectivity index (χ1v) is 7.21. The standard InChI is InChI=1S/C13H26N4O/c1-2-3-12(13(18)15-14)17-8-6-16(7-9-17)10-11-4-5-11/h11-12H,2-10,14H2,1H3,(H,15,18). The van der Waals surface area contributed by atoms with E-state index in [0.29, 0.717) is 0 Å². The fourth-order valence-electron chi connectivity index (χ4n) is 2.77. The molecular formula is C13H26N4O. The molecule has 0 aromatic carbocycles. The van der Waals surface area contributed by atoms with E-state index in [4.69, 9.17) is 5.84 Å². The summed E-state index contributed by atoms with van der Waals surface area (Å²) in [6, 6.07) is -0.0388. The fourth-order valence-corrected chi connectivity index (χ4v) is 2.77. The Hall–Kier alpha value is -0.650. The zero-order chi connectivity index (χ0) is 13.0. The third kappa shape index (κ3) is 3.67. The molecule has 1 aliphatic carbocycles. The molecule has 1 aliphatic heterocycles. The zero-order valence-electron chi connectivity index (χ0n) is 11.4. The molecule has 0 aromatic heterocycles. The van der Waals surface area contributed by atoms with Crippen molar-refractivity contribution in [1.82, 2.24) is 15.2 Å². The van der Waals surface area contributed by atoms with Gasteiger partial charge in [0.05, 0.1) is 6.04 Å². The lowest BCUT2D eigenvalue weighted by Gasteiger charge is -2.38. The molecule has 0 spiro atoms. The van der Waals surface area contributed by atoms with E-state index in [2.05, 4.69) is 22.1 Å². The Bertz CT molecular complexity index is 272. The maximum Gasteiger partial charge on any atom is 0.251 e. The number of rotatable bonds is 6. The number of hydrogen-bond acceptors (Lipinski definition) is 4. The summed E-state index contributed by atoms with van der Waals surface area (Å²) < 4.78 is 0. The molecule has 1 saturated carbocycles. The van der Waals surface area contributed by atoms with Crippen LogP contribution in [0.5, 0.6) is 0 Å². The number of carbonyl (C=O) groups is 1. The van der Waals surface area contributed by atoms with Gasteiger partial charge < -0.3 is 4.90 Å². The van der Waals surface area contributed by atoms with E-state index < -0.39 is 0 Å². The Kier molecular flexibility index (Phi) is 4.97. The van der Waals surface area contributed by atoms with Crippen molar-refractivity contribution in [1.29, 1.82) is 0 Å². The number of hydrazine groups is 1. The van der Waals surface area contributed by atoms with Gasteiger partial charge in [0.2, 0.25) is 0 Å². The van der Waals surface area contributed by atoms with Crippen molar-refractivity contribution < 1.29 is 4.79 Å². The molecule has 2 rings (SSSR count). The highest BCUT2D eigenvalue weighted by Crippen LogP contribution is 2.30. The van der Waals surface area contributed by atoms with E-state index in [1.165, 1.54) is 19.4 Å². The summed E-state index contributed by atoms with van der Waals surface area (Å²) in [7, 11) is 0. The quantitative estimate of drug-likeness (QED) is 0.403. The van der Waals surface area contributed by atoms with Gasteiger partial charge in [-0.15, -0.1) is 0 Å². The van der Waals surface area contributed by atoms with Crippen LogP contribution in [-0.4, -0.2) is 54.5 Å². The largest absolute Gasteiger partial charge is 0.301 e. The van der Waals surface area contributed by atoms with Crippen LogP contribution in [0.4, 0.5) is 0 Å². The molecule has 1 atom stereocenters. The van der Waals surface area contributed by atoms with Crippen LogP contribution in [0.1, 0.15) is 32.6 Å². The SMILES string of the molecule is CCCC(C(=O)NN)N1CCN(CC2CC2)CC1. The highest BCUT2D eigenvalue weighted by atomic mass is 16.2. The predicted octanol–water partition coefficient (Wildman–Crippen LogP) is 0.173. The Balaban J connectivity index is 1.79.